The molecule has 0 aliphatic heterocycles. The monoisotopic (exact) mass is 649 g/mol. The van der Waals surface area contributed by atoms with Crippen LogP contribution in [0.25, 0.3) is 0 Å². The van der Waals surface area contributed by atoms with Gasteiger partial charge in [-0.1, -0.05) is 62.2 Å². The van der Waals surface area contributed by atoms with Gasteiger partial charge in [-0.25, -0.2) is 8.42 Å². The molecule has 10 heteroatoms. The average molecular weight is 651 g/mol. The van der Waals surface area contributed by atoms with E-state index in [0.29, 0.717) is 5.69 Å². The molecule has 196 valence electrons. The highest BCUT2D eigenvalue weighted by Gasteiger charge is 2.32. The number of sulfonamides is 1. The smallest absolute Gasteiger partial charge is 0.264 e. The van der Waals surface area contributed by atoms with Gasteiger partial charge >= 0.3 is 0 Å². The van der Waals surface area contributed by atoms with E-state index in [2.05, 4.69) is 37.2 Å². The van der Waals surface area contributed by atoms with Crippen LogP contribution in [0.3, 0.4) is 0 Å². The third-order valence-electron chi connectivity index (χ3n) is 5.59. The van der Waals surface area contributed by atoms with Crippen LogP contribution in [0, 0.1) is 0 Å². The van der Waals surface area contributed by atoms with Gasteiger partial charge in [-0.2, -0.15) is 0 Å². The second-order valence-electron chi connectivity index (χ2n) is 8.79. The standard InChI is InChI=1S/C27H29Br2N3O4S/c1-19(2)30-27(34)20(3)31(17-21-9-11-22(28)12-10-21)26(33)18-32(24-15-13-23(29)14-16-24)37(35,36)25-7-5-4-6-8-25/h4-16,19-20H,17-18H2,1-3H3,(H,30,34)/t20-/m1/s1. The molecule has 0 fully saturated rings. The lowest BCUT2D eigenvalue weighted by Gasteiger charge is -2.32. The lowest BCUT2D eigenvalue weighted by Crippen LogP contribution is -2.52. The lowest BCUT2D eigenvalue weighted by molar-refractivity contribution is -0.139. The second kappa shape index (κ2) is 12.7. The number of anilines is 1. The summed E-state index contributed by atoms with van der Waals surface area (Å²) in [6, 6.07) is 21.1. The van der Waals surface area contributed by atoms with E-state index in [1.165, 1.54) is 17.0 Å². The van der Waals surface area contributed by atoms with Crippen molar-refractivity contribution < 1.29 is 18.0 Å². The number of halogens is 2. The van der Waals surface area contributed by atoms with E-state index >= 15 is 0 Å². The van der Waals surface area contributed by atoms with E-state index in [-0.39, 0.29) is 23.4 Å². The molecule has 1 N–H and O–H groups in total. The van der Waals surface area contributed by atoms with Crippen LogP contribution in [0.1, 0.15) is 26.3 Å². The largest absolute Gasteiger partial charge is 0.352 e. The molecule has 37 heavy (non-hydrogen) atoms. The Balaban J connectivity index is 2.00. The van der Waals surface area contributed by atoms with Crippen LogP contribution >= 0.6 is 31.9 Å². The Hall–Kier alpha value is -2.69. The zero-order valence-corrected chi connectivity index (χ0v) is 24.8. The quantitative estimate of drug-likeness (QED) is 0.321. The van der Waals surface area contributed by atoms with E-state index in [0.717, 1.165) is 18.8 Å². The van der Waals surface area contributed by atoms with Gasteiger partial charge in [-0.3, -0.25) is 13.9 Å². The molecule has 0 saturated heterocycles. The van der Waals surface area contributed by atoms with Gasteiger partial charge in [-0.05, 0) is 74.9 Å². The van der Waals surface area contributed by atoms with Crippen LogP contribution < -0.4 is 9.62 Å². The van der Waals surface area contributed by atoms with Crippen molar-refractivity contribution in [2.75, 3.05) is 10.8 Å². The summed E-state index contributed by atoms with van der Waals surface area (Å²) in [4.78, 5) is 28.2. The van der Waals surface area contributed by atoms with Crippen LogP contribution in [0.2, 0.25) is 0 Å². The second-order valence-corrected chi connectivity index (χ2v) is 12.5. The van der Waals surface area contributed by atoms with Crippen molar-refractivity contribution in [3.05, 3.63) is 93.4 Å². The third kappa shape index (κ3) is 7.66. The minimum Gasteiger partial charge on any atom is -0.352 e. The maximum absolute atomic E-state index is 13.8. The van der Waals surface area contributed by atoms with Gasteiger partial charge < -0.3 is 10.2 Å². The highest BCUT2D eigenvalue weighted by Crippen LogP contribution is 2.26. The Kier molecular flexibility index (Phi) is 9.92. The molecule has 0 radical (unpaired) electrons. The molecule has 2 amide bonds. The van der Waals surface area contributed by atoms with Gasteiger partial charge in [0.05, 0.1) is 10.6 Å². The van der Waals surface area contributed by atoms with Crippen LogP contribution in [0.15, 0.2) is 92.7 Å². The first kappa shape index (κ1) is 28.9. The van der Waals surface area contributed by atoms with E-state index in [1.54, 1.807) is 49.4 Å². The number of hydrogen-bond donors (Lipinski definition) is 1. The molecule has 0 bridgehead atoms. The molecule has 0 spiro atoms. The number of rotatable bonds is 10. The Morgan fingerprint density at radius 2 is 1.38 bits per heavy atom. The topological polar surface area (TPSA) is 86.8 Å². The van der Waals surface area contributed by atoms with E-state index in [4.69, 9.17) is 0 Å². The van der Waals surface area contributed by atoms with E-state index in [9.17, 15) is 18.0 Å². The molecule has 0 heterocycles. The Labute approximate surface area is 235 Å². The van der Waals surface area contributed by atoms with Gasteiger partial charge in [0.15, 0.2) is 0 Å². The van der Waals surface area contributed by atoms with Crippen molar-refractivity contribution in [2.24, 2.45) is 0 Å². The third-order valence-corrected chi connectivity index (χ3v) is 8.43. The molecule has 0 saturated carbocycles. The van der Waals surface area contributed by atoms with Gasteiger partial charge in [0.1, 0.15) is 12.6 Å². The lowest BCUT2D eigenvalue weighted by atomic mass is 10.1. The molecule has 1 atom stereocenters. The summed E-state index contributed by atoms with van der Waals surface area (Å²) in [6.07, 6.45) is 0. The van der Waals surface area contributed by atoms with Crippen LogP contribution in [0.5, 0.6) is 0 Å². The zero-order valence-electron chi connectivity index (χ0n) is 20.8. The Morgan fingerprint density at radius 3 is 1.92 bits per heavy atom. The number of benzene rings is 3. The summed E-state index contributed by atoms with van der Waals surface area (Å²) in [6.45, 7) is 4.98. The number of hydrogen-bond acceptors (Lipinski definition) is 4. The summed E-state index contributed by atoms with van der Waals surface area (Å²) in [5.74, 6) is -0.821. The zero-order chi connectivity index (χ0) is 27.2. The predicted molar refractivity (Wildman–Crippen MR) is 153 cm³/mol. The molecule has 3 rings (SSSR count). The first-order chi connectivity index (χ1) is 17.5. The summed E-state index contributed by atoms with van der Waals surface area (Å²) < 4.78 is 30.1. The van der Waals surface area contributed by atoms with Crippen molar-refractivity contribution in [2.45, 2.75) is 44.3 Å². The summed E-state index contributed by atoms with van der Waals surface area (Å²) in [5, 5.41) is 2.84. The fourth-order valence-electron chi connectivity index (χ4n) is 3.63. The van der Waals surface area contributed by atoms with Gasteiger partial charge in [0, 0.05) is 21.5 Å². The SMILES string of the molecule is CC(C)NC(=O)[C@@H](C)N(Cc1ccc(Br)cc1)C(=O)CN(c1ccc(Br)cc1)S(=O)(=O)c1ccccc1. The van der Waals surface area contributed by atoms with Crippen molar-refractivity contribution >= 4 is 59.4 Å². The maximum atomic E-state index is 13.8. The van der Waals surface area contributed by atoms with E-state index < -0.39 is 28.5 Å². The highest BCUT2D eigenvalue weighted by atomic mass is 79.9. The first-order valence-electron chi connectivity index (χ1n) is 11.7. The fraction of sp³-hybridized carbons (Fsp3) is 0.259. The number of carbonyl (C=O) groups excluding carboxylic acids is 2. The molecule has 0 aliphatic carbocycles. The summed E-state index contributed by atoms with van der Waals surface area (Å²) in [7, 11) is -4.08. The van der Waals surface area contributed by atoms with Crippen LogP contribution in [-0.2, 0) is 26.2 Å². The van der Waals surface area contributed by atoms with Crippen molar-refractivity contribution in [3.63, 3.8) is 0 Å². The molecule has 3 aromatic rings. The Bertz CT molecular complexity index is 1320. The minimum absolute atomic E-state index is 0.0655. The number of nitrogens with one attached hydrogen (secondary N) is 1. The van der Waals surface area contributed by atoms with Gasteiger partial charge in [0.2, 0.25) is 11.8 Å². The summed E-state index contributed by atoms with van der Waals surface area (Å²) >= 11 is 6.78. The average Bonchev–Trinajstić information content (AvgIpc) is 2.87. The van der Waals surface area contributed by atoms with Crippen molar-refractivity contribution in [1.82, 2.24) is 10.2 Å². The van der Waals surface area contributed by atoms with Crippen molar-refractivity contribution in [3.8, 4) is 0 Å². The fourth-order valence-corrected chi connectivity index (χ4v) is 5.59. The van der Waals surface area contributed by atoms with Gasteiger partial charge in [-0.15, -0.1) is 0 Å². The van der Waals surface area contributed by atoms with E-state index in [1.807, 2.05) is 38.1 Å². The molecule has 7 nitrogen and oxygen atoms in total. The predicted octanol–water partition coefficient (Wildman–Crippen LogP) is 5.35. The van der Waals surface area contributed by atoms with Crippen molar-refractivity contribution in [1.29, 1.82) is 0 Å². The van der Waals surface area contributed by atoms with Gasteiger partial charge in [0.25, 0.3) is 10.0 Å². The normalized spacial score (nSPS) is 12.2. The highest BCUT2D eigenvalue weighted by molar-refractivity contribution is 9.10. The first-order valence-corrected chi connectivity index (χ1v) is 14.7. The summed E-state index contributed by atoms with van der Waals surface area (Å²) in [5.41, 5.74) is 1.14. The minimum atomic E-state index is -4.08. The number of nitrogens with zero attached hydrogens (tertiary/aromatic N) is 2. The molecular formula is C27H29Br2N3O4S. The number of amides is 2. The molecule has 0 aliphatic rings. The van der Waals surface area contributed by atoms with Crippen LogP contribution in [0.4, 0.5) is 5.69 Å². The molecular weight excluding hydrogens is 622 g/mol. The molecule has 0 aromatic heterocycles. The molecule has 3 aromatic carbocycles. The molecule has 0 unspecified atom stereocenters. The van der Waals surface area contributed by atoms with Crippen LogP contribution in [-0.4, -0.2) is 43.8 Å². The Morgan fingerprint density at radius 1 is 0.838 bits per heavy atom. The number of carbonyl (C=O) groups is 2. The maximum Gasteiger partial charge on any atom is 0.264 e.